The molecule has 1 amide bonds. The highest BCUT2D eigenvalue weighted by molar-refractivity contribution is 5.99. The Balaban J connectivity index is 1.93. The second kappa shape index (κ2) is 4.97. The average molecular weight is 258 g/mol. The Morgan fingerprint density at radius 1 is 1.42 bits per heavy atom. The minimum Gasteiger partial charge on any atom is -0.316 e. The normalized spacial score (nSPS) is 26.3. The first kappa shape index (κ1) is 12.7. The van der Waals surface area contributed by atoms with Crippen LogP contribution in [0.5, 0.6) is 0 Å². The lowest BCUT2D eigenvalue weighted by molar-refractivity contribution is -0.127. The third-order valence-corrected chi connectivity index (χ3v) is 4.73. The Kier molecular flexibility index (Phi) is 3.31. The van der Waals surface area contributed by atoms with Gasteiger partial charge in [0.2, 0.25) is 5.91 Å². The fourth-order valence-electron chi connectivity index (χ4n) is 3.41. The van der Waals surface area contributed by atoms with Gasteiger partial charge in [0.25, 0.3) is 0 Å². The molecule has 1 unspecified atom stereocenters. The van der Waals surface area contributed by atoms with Gasteiger partial charge < -0.3 is 10.2 Å². The first-order valence-corrected chi connectivity index (χ1v) is 7.37. The average Bonchev–Trinajstić information content (AvgIpc) is 2.96. The van der Waals surface area contributed by atoms with Crippen molar-refractivity contribution in [3.63, 3.8) is 0 Å². The zero-order valence-corrected chi connectivity index (χ0v) is 11.6. The second-order valence-electron chi connectivity index (χ2n) is 5.75. The molecule has 0 aromatic heterocycles. The number of nitrogens with zero attached hydrogens (tertiary/aromatic N) is 1. The maximum atomic E-state index is 13.0. The number of carbonyl (C=O) groups is 1. The van der Waals surface area contributed by atoms with Crippen molar-refractivity contribution in [2.75, 3.05) is 24.5 Å². The first-order valence-electron chi connectivity index (χ1n) is 7.37. The molecule has 19 heavy (non-hydrogen) atoms. The molecule has 1 aromatic rings. The van der Waals surface area contributed by atoms with E-state index < -0.39 is 0 Å². The number of fused-ring (bicyclic) bond motifs is 1. The van der Waals surface area contributed by atoms with Gasteiger partial charge in [-0.2, -0.15) is 0 Å². The van der Waals surface area contributed by atoms with Crippen molar-refractivity contribution >= 4 is 11.6 Å². The van der Waals surface area contributed by atoms with Crippen molar-refractivity contribution in [2.24, 2.45) is 5.41 Å². The molecular weight excluding hydrogens is 236 g/mol. The predicted octanol–water partition coefficient (Wildman–Crippen LogP) is 2.36. The van der Waals surface area contributed by atoms with Crippen LogP contribution in [0, 0.1) is 5.41 Å². The summed E-state index contributed by atoms with van der Waals surface area (Å²) >= 11 is 0. The van der Waals surface area contributed by atoms with E-state index in [2.05, 4.69) is 30.4 Å². The van der Waals surface area contributed by atoms with E-state index in [0.29, 0.717) is 5.91 Å². The highest BCUT2D eigenvalue weighted by Gasteiger charge is 2.43. The number of amides is 1. The van der Waals surface area contributed by atoms with E-state index in [0.717, 1.165) is 51.0 Å². The van der Waals surface area contributed by atoms with Gasteiger partial charge in [-0.1, -0.05) is 25.1 Å². The molecule has 3 rings (SSSR count). The highest BCUT2D eigenvalue weighted by atomic mass is 16.2. The molecule has 1 N–H and O–H groups in total. The van der Waals surface area contributed by atoms with Gasteiger partial charge in [0, 0.05) is 18.8 Å². The van der Waals surface area contributed by atoms with Gasteiger partial charge in [-0.25, -0.2) is 0 Å². The lowest BCUT2D eigenvalue weighted by atomic mass is 9.82. The minimum atomic E-state index is -0.176. The molecule has 3 nitrogen and oxygen atoms in total. The summed E-state index contributed by atoms with van der Waals surface area (Å²) in [7, 11) is 0. The molecule has 1 saturated heterocycles. The number of hydrogen-bond acceptors (Lipinski definition) is 2. The summed E-state index contributed by atoms with van der Waals surface area (Å²) in [6, 6.07) is 8.36. The van der Waals surface area contributed by atoms with Crippen LogP contribution in [0.2, 0.25) is 0 Å². The van der Waals surface area contributed by atoms with Crippen LogP contribution in [0.1, 0.15) is 31.7 Å². The Bertz CT molecular complexity index is 477. The van der Waals surface area contributed by atoms with Crippen LogP contribution in [0.4, 0.5) is 5.69 Å². The van der Waals surface area contributed by atoms with E-state index in [-0.39, 0.29) is 5.41 Å². The largest absolute Gasteiger partial charge is 0.316 e. The number of carbonyl (C=O) groups excluding carboxylic acids is 1. The lowest BCUT2D eigenvalue weighted by Gasteiger charge is -2.36. The molecule has 0 aliphatic carbocycles. The van der Waals surface area contributed by atoms with Crippen LogP contribution in [0.3, 0.4) is 0 Å². The molecule has 1 fully saturated rings. The van der Waals surface area contributed by atoms with Crippen LogP contribution in [-0.2, 0) is 11.2 Å². The maximum Gasteiger partial charge on any atom is 0.234 e. The molecule has 2 aliphatic heterocycles. The smallest absolute Gasteiger partial charge is 0.234 e. The number of nitrogens with one attached hydrogen (secondary N) is 1. The minimum absolute atomic E-state index is 0.176. The van der Waals surface area contributed by atoms with Crippen molar-refractivity contribution < 1.29 is 4.79 Å². The third-order valence-electron chi connectivity index (χ3n) is 4.73. The maximum absolute atomic E-state index is 13.0. The number of hydrogen-bond donors (Lipinski definition) is 1. The van der Waals surface area contributed by atoms with E-state index in [1.165, 1.54) is 5.56 Å². The summed E-state index contributed by atoms with van der Waals surface area (Å²) in [6.45, 7) is 4.81. The van der Waals surface area contributed by atoms with Crippen LogP contribution < -0.4 is 10.2 Å². The zero-order valence-electron chi connectivity index (χ0n) is 11.6. The molecule has 3 heteroatoms. The van der Waals surface area contributed by atoms with Gasteiger partial charge >= 0.3 is 0 Å². The summed E-state index contributed by atoms with van der Waals surface area (Å²) in [5.74, 6) is 0.326. The highest BCUT2D eigenvalue weighted by Crippen LogP contribution is 2.36. The quantitative estimate of drug-likeness (QED) is 0.883. The van der Waals surface area contributed by atoms with E-state index in [9.17, 15) is 4.79 Å². The lowest BCUT2D eigenvalue weighted by Crippen LogP contribution is -2.47. The molecule has 1 atom stereocenters. The van der Waals surface area contributed by atoms with Crippen molar-refractivity contribution in [3.8, 4) is 0 Å². The zero-order chi connectivity index (χ0) is 13.3. The van der Waals surface area contributed by atoms with Crippen LogP contribution in [-0.4, -0.2) is 25.5 Å². The Morgan fingerprint density at radius 3 is 3.00 bits per heavy atom. The molecule has 0 radical (unpaired) electrons. The topological polar surface area (TPSA) is 32.3 Å². The number of benzene rings is 1. The fraction of sp³-hybridized carbons (Fsp3) is 0.562. The van der Waals surface area contributed by atoms with Gasteiger partial charge in [-0.15, -0.1) is 0 Å². The Labute approximate surface area is 115 Å². The van der Waals surface area contributed by atoms with Gasteiger partial charge in [0.05, 0.1) is 5.41 Å². The van der Waals surface area contributed by atoms with Crippen molar-refractivity contribution in [3.05, 3.63) is 29.8 Å². The van der Waals surface area contributed by atoms with Crippen molar-refractivity contribution in [1.29, 1.82) is 0 Å². The van der Waals surface area contributed by atoms with Gasteiger partial charge in [-0.3, -0.25) is 4.79 Å². The van der Waals surface area contributed by atoms with Gasteiger partial charge in [0.15, 0.2) is 0 Å². The van der Waals surface area contributed by atoms with Crippen LogP contribution >= 0.6 is 0 Å². The van der Waals surface area contributed by atoms with Crippen molar-refractivity contribution in [2.45, 2.75) is 32.6 Å². The number of anilines is 1. The number of rotatable bonds is 2. The number of aryl methyl sites for hydroxylation is 1. The van der Waals surface area contributed by atoms with Crippen LogP contribution in [0.15, 0.2) is 24.3 Å². The van der Waals surface area contributed by atoms with E-state index in [1.54, 1.807) is 0 Å². The SMILES string of the molecule is CCC1(C(=O)N2CCCc3ccccc32)CCNC1. The summed E-state index contributed by atoms with van der Waals surface area (Å²) in [5.41, 5.74) is 2.28. The summed E-state index contributed by atoms with van der Waals surface area (Å²) < 4.78 is 0. The standard InChI is InChI=1S/C16H22N2O/c1-2-16(9-10-17-12-16)15(19)18-11-5-7-13-6-3-4-8-14(13)18/h3-4,6,8,17H,2,5,7,9-12H2,1H3. The van der Waals surface area contributed by atoms with E-state index in [1.807, 2.05) is 11.0 Å². The molecule has 0 saturated carbocycles. The summed E-state index contributed by atoms with van der Waals surface area (Å²) in [5, 5.41) is 3.36. The fourth-order valence-corrected chi connectivity index (χ4v) is 3.41. The van der Waals surface area contributed by atoms with Crippen molar-refractivity contribution in [1.82, 2.24) is 5.32 Å². The first-order chi connectivity index (χ1) is 9.27. The van der Waals surface area contributed by atoms with E-state index >= 15 is 0 Å². The number of para-hydroxylation sites is 1. The van der Waals surface area contributed by atoms with Gasteiger partial charge in [0.1, 0.15) is 0 Å². The molecular formula is C16H22N2O. The Hall–Kier alpha value is -1.35. The third kappa shape index (κ3) is 2.06. The molecule has 0 spiro atoms. The molecule has 2 aliphatic rings. The summed E-state index contributed by atoms with van der Waals surface area (Å²) in [6.07, 6.45) is 4.08. The molecule has 1 aromatic carbocycles. The monoisotopic (exact) mass is 258 g/mol. The van der Waals surface area contributed by atoms with Crippen LogP contribution in [0.25, 0.3) is 0 Å². The second-order valence-corrected chi connectivity index (χ2v) is 5.75. The molecule has 2 heterocycles. The summed E-state index contributed by atoms with van der Waals surface area (Å²) in [4.78, 5) is 15.0. The molecule has 102 valence electrons. The van der Waals surface area contributed by atoms with Gasteiger partial charge in [-0.05, 0) is 43.9 Å². The van der Waals surface area contributed by atoms with E-state index in [4.69, 9.17) is 0 Å². The molecule has 0 bridgehead atoms. The predicted molar refractivity (Wildman–Crippen MR) is 77.3 cm³/mol. The Morgan fingerprint density at radius 2 is 2.26 bits per heavy atom.